The SMILES string of the molecule is C=CCn1c(SC(C)C(=O)Nc2ccc([N+](=O)[O-])cc2)nnc1C(C)Oc1cccc(OC)c1. The predicted molar refractivity (Wildman–Crippen MR) is 129 cm³/mol. The molecule has 0 spiro atoms. The summed E-state index contributed by atoms with van der Waals surface area (Å²) in [5, 5.41) is 22.1. The van der Waals surface area contributed by atoms with E-state index in [1.54, 1.807) is 26.2 Å². The molecular formula is C23H25N5O5S. The first kappa shape index (κ1) is 24.8. The largest absolute Gasteiger partial charge is 0.497 e. The molecule has 2 aromatic carbocycles. The average molecular weight is 484 g/mol. The molecule has 34 heavy (non-hydrogen) atoms. The van der Waals surface area contributed by atoms with E-state index in [-0.39, 0.29) is 11.6 Å². The molecule has 3 aromatic rings. The Morgan fingerprint density at radius 3 is 2.59 bits per heavy atom. The fraction of sp³-hybridized carbons (Fsp3) is 0.261. The average Bonchev–Trinajstić information content (AvgIpc) is 3.22. The summed E-state index contributed by atoms with van der Waals surface area (Å²) in [6.07, 6.45) is 1.30. The molecule has 0 saturated heterocycles. The van der Waals surface area contributed by atoms with Crippen LogP contribution in [0.15, 0.2) is 66.3 Å². The molecule has 0 aliphatic heterocycles. The highest BCUT2D eigenvalue weighted by Gasteiger charge is 2.23. The molecule has 0 fully saturated rings. The molecular weight excluding hydrogens is 458 g/mol. The van der Waals surface area contributed by atoms with Gasteiger partial charge in [0.05, 0.1) is 17.3 Å². The summed E-state index contributed by atoms with van der Waals surface area (Å²) in [6, 6.07) is 12.9. The maximum absolute atomic E-state index is 12.7. The third kappa shape index (κ3) is 6.13. The molecule has 0 aliphatic rings. The number of nitrogens with one attached hydrogen (secondary N) is 1. The number of carbonyl (C=O) groups excluding carboxylic acids is 1. The number of nitro groups is 1. The van der Waals surface area contributed by atoms with Crippen LogP contribution in [0.1, 0.15) is 25.8 Å². The van der Waals surface area contributed by atoms with E-state index in [1.165, 1.54) is 36.0 Å². The van der Waals surface area contributed by atoms with Gasteiger partial charge in [-0.25, -0.2) is 0 Å². The van der Waals surface area contributed by atoms with Gasteiger partial charge < -0.3 is 14.8 Å². The lowest BCUT2D eigenvalue weighted by Crippen LogP contribution is -2.23. The van der Waals surface area contributed by atoms with Crippen LogP contribution in [0.3, 0.4) is 0 Å². The number of carbonyl (C=O) groups is 1. The van der Waals surface area contributed by atoms with E-state index >= 15 is 0 Å². The van der Waals surface area contributed by atoms with Gasteiger partial charge in [-0.3, -0.25) is 19.5 Å². The Labute approximate surface area is 201 Å². The Balaban J connectivity index is 1.70. The number of aromatic nitrogens is 3. The Morgan fingerprint density at radius 2 is 1.94 bits per heavy atom. The summed E-state index contributed by atoms with van der Waals surface area (Å²) in [6.45, 7) is 7.85. The standard InChI is InChI=1S/C23H25N5O5S/c1-5-13-27-21(15(2)33-20-8-6-7-19(14-20)32-4)25-26-23(27)34-16(3)22(29)24-17-9-11-18(12-10-17)28(30)31/h5-12,14-16H,1,13H2,2-4H3,(H,24,29). The first-order valence-corrected chi connectivity index (χ1v) is 11.3. The molecule has 0 bridgehead atoms. The number of hydrogen-bond donors (Lipinski definition) is 1. The van der Waals surface area contributed by atoms with Crippen molar-refractivity contribution >= 4 is 29.0 Å². The lowest BCUT2D eigenvalue weighted by Gasteiger charge is -2.17. The summed E-state index contributed by atoms with van der Waals surface area (Å²) in [5.74, 6) is 1.63. The summed E-state index contributed by atoms with van der Waals surface area (Å²) >= 11 is 1.24. The van der Waals surface area contributed by atoms with Crippen molar-refractivity contribution < 1.29 is 19.2 Å². The van der Waals surface area contributed by atoms with Crippen molar-refractivity contribution in [1.82, 2.24) is 14.8 Å². The molecule has 2 atom stereocenters. The first-order valence-electron chi connectivity index (χ1n) is 10.4. The number of hydrogen-bond acceptors (Lipinski definition) is 8. The van der Waals surface area contributed by atoms with Crippen molar-refractivity contribution in [3.8, 4) is 11.5 Å². The van der Waals surface area contributed by atoms with Crippen LogP contribution in [0, 0.1) is 10.1 Å². The molecule has 3 rings (SSSR count). The van der Waals surface area contributed by atoms with Crippen molar-refractivity contribution in [2.24, 2.45) is 0 Å². The van der Waals surface area contributed by atoms with E-state index in [0.29, 0.717) is 34.7 Å². The van der Waals surface area contributed by atoms with Crippen LogP contribution in [0.4, 0.5) is 11.4 Å². The molecule has 1 aromatic heterocycles. The number of allylic oxidation sites excluding steroid dienone is 1. The van der Waals surface area contributed by atoms with Crippen LogP contribution in [-0.2, 0) is 11.3 Å². The molecule has 178 valence electrons. The van der Waals surface area contributed by atoms with E-state index in [9.17, 15) is 14.9 Å². The van der Waals surface area contributed by atoms with Gasteiger partial charge in [0.1, 0.15) is 11.5 Å². The van der Waals surface area contributed by atoms with Gasteiger partial charge in [0.15, 0.2) is 17.1 Å². The van der Waals surface area contributed by atoms with Crippen LogP contribution >= 0.6 is 11.8 Å². The molecule has 1 N–H and O–H groups in total. The second-order valence-corrected chi connectivity index (χ2v) is 8.54. The maximum atomic E-state index is 12.7. The van der Waals surface area contributed by atoms with E-state index in [1.807, 2.05) is 29.7 Å². The van der Waals surface area contributed by atoms with Crippen LogP contribution < -0.4 is 14.8 Å². The molecule has 2 unspecified atom stereocenters. The van der Waals surface area contributed by atoms with E-state index in [4.69, 9.17) is 9.47 Å². The van der Waals surface area contributed by atoms with Crippen molar-refractivity contribution in [3.05, 3.63) is 77.1 Å². The number of thioether (sulfide) groups is 1. The molecule has 1 amide bonds. The fourth-order valence-electron chi connectivity index (χ4n) is 3.04. The van der Waals surface area contributed by atoms with Crippen molar-refractivity contribution in [3.63, 3.8) is 0 Å². The van der Waals surface area contributed by atoms with E-state index in [0.717, 1.165) is 0 Å². The summed E-state index contributed by atoms with van der Waals surface area (Å²) in [4.78, 5) is 23.0. The van der Waals surface area contributed by atoms with Gasteiger partial charge in [-0.15, -0.1) is 16.8 Å². The quantitative estimate of drug-likeness (QED) is 0.181. The Hall–Kier alpha value is -3.86. The summed E-state index contributed by atoms with van der Waals surface area (Å²) in [5.41, 5.74) is 0.423. The van der Waals surface area contributed by atoms with Crippen molar-refractivity contribution in [2.45, 2.75) is 36.9 Å². The minimum absolute atomic E-state index is 0.0456. The zero-order valence-corrected chi connectivity index (χ0v) is 19.8. The smallest absolute Gasteiger partial charge is 0.269 e. The lowest BCUT2D eigenvalue weighted by molar-refractivity contribution is -0.384. The van der Waals surface area contributed by atoms with Gasteiger partial charge in [-0.1, -0.05) is 23.9 Å². The second-order valence-electron chi connectivity index (χ2n) is 7.23. The highest BCUT2D eigenvalue weighted by Crippen LogP contribution is 2.29. The molecule has 0 aliphatic carbocycles. The zero-order chi connectivity index (χ0) is 24.7. The highest BCUT2D eigenvalue weighted by atomic mass is 32.2. The van der Waals surface area contributed by atoms with Crippen LogP contribution in [0.25, 0.3) is 0 Å². The van der Waals surface area contributed by atoms with Gasteiger partial charge in [-0.05, 0) is 38.1 Å². The Bertz CT molecular complexity index is 1160. The number of methoxy groups -OCH3 is 1. The minimum atomic E-state index is -0.509. The maximum Gasteiger partial charge on any atom is 0.269 e. The summed E-state index contributed by atoms with van der Waals surface area (Å²) in [7, 11) is 1.59. The van der Waals surface area contributed by atoms with E-state index in [2.05, 4.69) is 22.1 Å². The topological polar surface area (TPSA) is 121 Å². The molecule has 10 nitrogen and oxygen atoms in total. The number of nitrogens with zero attached hydrogens (tertiary/aromatic N) is 4. The lowest BCUT2D eigenvalue weighted by atomic mass is 10.3. The summed E-state index contributed by atoms with van der Waals surface area (Å²) < 4.78 is 13.1. The predicted octanol–water partition coefficient (Wildman–Crippen LogP) is 4.64. The number of nitro benzene ring substituents is 1. The molecule has 11 heteroatoms. The van der Waals surface area contributed by atoms with Gasteiger partial charge in [-0.2, -0.15) is 0 Å². The van der Waals surface area contributed by atoms with Gasteiger partial charge in [0, 0.05) is 30.4 Å². The number of rotatable bonds is 11. The first-order chi connectivity index (χ1) is 16.3. The third-order valence-corrected chi connectivity index (χ3v) is 5.85. The van der Waals surface area contributed by atoms with Crippen molar-refractivity contribution in [2.75, 3.05) is 12.4 Å². The highest BCUT2D eigenvalue weighted by molar-refractivity contribution is 8.00. The zero-order valence-electron chi connectivity index (χ0n) is 19.0. The number of non-ortho nitro benzene ring substituents is 1. The Kier molecular flexibility index (Phi) is 8.25. The number of amides is 1. The van der Waals surface area contributed by atoms with Gasteiger partial charge >= 0.3 is 0 Å². The van der Waals surface area contributed by atoms with Crippen molar-refractivity contribution in [1.29, 1.82) is 0 Å². The van der Waals surface area contributed by atoms with Crippen LogP contribution in [0.2, 0.25) is 0 Å². The molecule has 0 radical (unpaired) electrons. The third-order valence-electron chi connectivity index (χ3n) is 4.77. The Morgan fingerprint density at radius 1 is 1.24 bits per heavy atom. The second kappa shape index (κ2) is 11.3. The monoisotopic (exact) mass is 483 g/mol. The van der Waals surface area contributed by atoms with Crippen LogP contribution in [-0.4, -0.2) is 38.0 Å². The van der Waals surface area contributed by atoms with E-state index < -0.39 is 16.3 Å². The number of ether oxygens (including phenoxy) is 2. The normalized spacial score (nSPS) is 12.4. The number of benzene rings is 2. The van der Waals surface area contributed by atoms with Crippen LogP contribution in [0.5, 0.6) is 11.5 Å². The molecule has 0 saturated carbocycles. The van der Waals surface area contributed by atoms with Gasteiger partial charge in [0.2, 0.25) is 5.91 Å². The molecule has 1 heterocycles. The fourth-order valence-corrected chi connectivity index (χ4v) is 3.91. The minimum Gasteiger partial charge on any atom is -0.497 e. The van der Waals surface area contributed by atoms with Gasteiger partial charge in [0.25, 0.3) is 5.69 Å². The number of anilines is 1.